The van der Waals surface area contributed by atoms with Gasteiger partial charge in [-0.25, -0.2) is 0 Å². The fourth-order valence-corrected chi connectivity index (χ4v) is 11.9. The van der Waals surface area contributed by atoms with Gasteiger partial charge in [0.2, 0.25) is 6.29 Å². The van der Waals surface area contributed by atoms with Gasteiger partial charge in [-0.3, -0.25) is 4.79 Å². The zero-order valence-electron chi connectivity index (χ0n) is 28.0. The minimum Gasteiger partial charge on any atom is -0.432 e. The maximum atomic E-state index is 14.4. The molecule has 1 saturated heterocycles. The highest BCUT2D eigenvalue weighted by Crippen LogP contribution is 2.75. The summed E-state index contributed by atoms with van der Waals surface area (Å²) in [5.74, 6) is -0.0440. The van der Waals surface area contributed by atoms with E-state index in [1.165, 1.54) is 5.57 Å². The summed E-state index contributed by atoms with van der Waals surface area (Å²) in [4.78, 5) is 26.9. The molecule has 254 valence electrons. The zero-order valence-corrected chi connectivity index (χ0v) is 28.0. The molecule has 5 N–H and O–H groups in total. The van der Waals surface area contributed by atoms with Gasteiger partial charge < -0.3 is 39.8 Å². The number of aldehydes is 1. The third-order valence-electron chi connectivity index (χ3n) is 15.1. The summed E-state index contributed by atoms with van der Waals surface area (Å²) >= 11 is 0. The van der Waals surface area contributed by atoms with E-state index in [0.29, 0.717) is 25.2 Å². The first-order valence-electron chi connectivity index (χ1n) is 17.3. The van der Waals surface area contributed by atoms with Crippen LogP contribution in [0.15, 0.2) is 11.6 Å². The lowest BCUT2D eigenvalue weighted by atomic mass is 9.33. The number of allylic oxidation sites excluding steroid dienone is 2. The first-order valence-corrected chi connectivity index (χ1v) is 17.3. The Morgan fingerprint density at radius 3 is 2.27 bits per heavy atom. The second-order valence-electron chi connectivity index (χ2n) is 17.5. The van der Waals surface area contributed by atoms with Gasteiger partial charge in [-0.1, -0.05) is 53.2 Å². The van der Waals surface area contributed by atoms with Gasteiger partial charge >= 0.3 is 5.97 Å². The summed E-state index contributed by atoms with van der Waals surface area (Å²) in [7, 11) is 0. The minimum absolute atomic E-state index is 0.0172. The van der Waals surface area contributed by atoms with Crippen molar-refractivity contribution in [3.05, 3.63) is 11.6 Å². The predicted molar refractivity (Wildman–Crippen MR) is 165 cm³/mol. The van der Waals surface area contributed by atoms with Crippen molar-refractivity contribution in [1.29, 1.82) is 0 Å². The van der Waals surface area contributed by atoms with Gasteiger partial charge in [-0.15, -0.1) is 0 Å². The molecule has 0 bridgehead atoms. The molecule has 6 rings (SSSR count). The number of carbonyl (C=O) groups is 2. The maximum absolute atomic E-state index is 14.4. The Morgan fingerprint density at radius 1 is 0.911 bits per heavy atom. The fourth-order valence-electron chi connectivity index (χ4n) is 11.9. The third-order valence-corrected chi connectivity index (χ3v) is 15.1. The molecular weight excluding hydrogens is 576 g/mol. The second-order valence-corrected chi connectivity index (χ2v) is 17.5. The number of hydrogen-bond acceptors (Lipinski definition) is 9. The van der Waals surface area contributed by atoms with Crippen molar-refractivity contribution >= 4 is 12.3 Å². The lowest BCUT2D eigenvalue weighted by Gasteiger charge is -2.71. The van der Waals surface area contributed by atoms with Crippen LogP contribution < -0.4 is 0 Å². The molecule has 5 fully saturated rings. The summed E-state index contributed by atoms with van der Waals surface area (Å²) in [6.45, 7) is 13.1. The number of fused-ring (bicyclic) bond motifs is 7. The Balaban J connectivity index is 1.36. The third kappa shape index (κ3) is 4.53. The van der Waals surface area contributed by atoms with Crippen molar-refractivity contribution in [2.75, 3.05) is 6.61 Å². The van der Waals surface area contributed by atoms with E-state index in [4.69, 9.17) is 9.47 Å². The van der Waals surface area contributed by atoms with Crippen molar-refractivity contribution in [2.24, 2.45) is 50.2 Å². The van der Waals surface area contributed by atoms with Gasteiger partial charge in [-0.2, -0.15) is 0 Å². The van der Waals surface area contributed by atoms with Crippen LogP contribution in [0.1, 0.15) is 106 Å². The van der Waals surface area contributed by atoms with Gasteiger partial charge in [0.25, 0.3) is 0 Å². The molecule has 9 heteroatoms. The van der Waals surface area contributed by atoms with E-state index in [2.05, 4.69) is 40.7 Å². The molecule has 0 aromatic rings. The predicted octanol–water partition coefficient (Wildman–Crippen LogP) is 3.67. The molecule has 1 heterocycles. The van der Waals surface area contributed by atoms with Crippen LogP contribution in [-0.4, -0.2) is 81.2 Å². The Hall–Kier alpha value is -1.36. The normalized spacial score (nSPS) is 53.9. The lowest BCUT2D eigenvalue weighted by Crippen LogP contribution is -2.66. The van der Waals surface area contributed by atoms with Crippen molar-refractivity contribution in [3.63, 3.8) is 0 Å². The molecular formula is C36H56O9. The van der Waals surface area contributed by atoms with Crippen LogP contribution in [0.2, 0.25) is 0 Å². The van der Waals surface area contributed by atoms with E-state index in [-0.39, 0.29) is 33.5 Å². The summed E-state index contributed by atoms with van der Waals surface area (Å²) in [6.07, 6.45) is 3.43. The number of carbonyl (C=O) groups excluding carboxylic acids is 2. The van der Waals surface area contributed by atoms with Crippen molar-refractivity contribution in [2.45, 2.75) is 143 Å². The van der Waals surface area contributed by atoms with Crippen LogP contribution in [-0.2, 0) is 19.1 Å². The van der Waals surface area contributed by atoms with Crippen molar-refractivity contribution < 1.29 is 44.6 Å². The quantitative estimate of drug-likeness (QED) is 0.177. The molecule has 45 heavy (non-hydrogen) atoms. The van der Waals surface area contributed by atoms with E-state index in [1.54, 1.807) is 0 Å². The average molecular weight is 633 g/mol. The van der Waals surface area contributed by atoms with Crippen LogP contribution in [0.25, 0.3) is 0 Å². The smallest absolute Gasteiger partial charge is 0.315 e. The topological polar surface area (TPSA) is 154 Å². The van der Waals surface area contributed by atoms with E-state index in [1.807, 2.05) is 6.92 Å². The molecule has 0 radical (unpaired) electrons. The number of esters is 1. The Labute approximate surface area is 267 Å². The molecule has 14 unspecified atom stereocenters. The number of rotatable bonds is 4. The highest BCUT2D eigenvalue weighted by Gasteiger charge is 2.70. The van der Waals surface area contributed by atoms with E-state index >= 15 is 0 Å². The molecule has 4 saturated carbocycles. The number of ether oxygens (including phenoxy) is 2. The van der Waals surface area contributed by atoms with Crippen LogP contribution in [0.3, 0.4) is 0 Å². The summed E-state index contributed by atoms with van der Waals surface area (Å²) in [5, 5.41) is 52.0. The molecule has 0 aromatic carbocycles. The zero-order chi connectivity index (χ0) is 33.0. The highest BCUT2D eigenvalue weighted by molar-refractivity contribution is 5.79. The standard InChI is InChI=1S/C36H56O9/c1-31(2)13-15-36(30(43)45-29-28(42)27(41)26(40)22(18-37)44-29)16-14-34(5)20(21(36)17-31)7-8-24-32(3)11-10-25(39)33(4,19-38)23(32)9-12-35(24,34)6/h7,19,21-29,37,39-42H,8-18H2,1-6H3. The number of aliphatic hydroxyl groups excluding tert-OH is 5. The Kier molecular flexibility index (Phi) is 8.07. The Bertz CT molecular complexity index is 1230. The second kappa shape index (κ2) is 10.8. The van der Waals surface area contributed by atoms with E-state index < -0.39 is 60.2 Å². The number of hydrogen-bond donors (Lipinski definition) is 5. The highest BCUT2D eigenvalue weighted by atomic mass is 16.7. The van der Waals surface area contributed by atoms with Crippen LogP contribution in [0, 0.1) is 50.2 Å². The first kappa shape index (κ1) is 33.5. The van der Waals surface area contributed by atoms with Gasteiger partial charge in [0, 0.05) is 0 Å². The maximum Gasteiger partial charge on any atom is 0.315 e. The van der Waals surface area contributed by atoms with Crippen LogP contribution in [0.5, 0.6) is 0 Å². The monoisotopic (exact) mass is 632 g/mol. The van der Waals surface area contributed by atoms with Gasteiger partial charge in [0.05, 0.1) is 23.5 Å². The first-order chi connectivity index (χ1) is 20.9. The lowest BCUT2D eigenvalue weighted by molar-refractivity contribution is -0.297. The van der Waals surface area contributed by atoms with Gasteiger partial charge in [-0.05, 0) is 104 Å². The number of aliphatic hydroxyl groups is 5. The van der Waals surface area contributed by atoms with Crippen LogP contribution >= 0.6 is 0 Å². The molecule has 6 aliphatic rings. The summed E-state index contributed by atoms with van der Waals surface area (Å²) < 4.78 is 11.5. The van der Waals surface area contributed by atoms with Crippen molar-refractivity contribution in [3.8, 4) is 0 Å². The average Bonchev–Trinajstić information content (AvgIpc) is 2.99. The SMILES string of the molecule is CC1(C)CCC2(C(=O)OC3OC(CO)C(O)C(O)C3O)CCC3(C)C(=CCC4C5(C)CCC(O)C(C)(C=O)C5CCC43C)C2C1. The molecule has 5 aliphatic carbocycles. The molecule has 1 aliphatic heterocycles. The Morgan fingerprint density at radius 2 is 1.60 bits per heavy atom. The summed E-state index contributed by atoms with van der Waals surface area (Å²) in [5.41, 5.74) is -0.510. The molecule has 0 spiro atoms. The molecule has 14 atom stereocenters. The van der Waals surface area contributed by atoms with Crippen molar-refractivity contribution in [1.82, 2.24) is 0 Å². The van der Waals surface area contributed by atoms with Gasteiger partial charge in [0.1, 0.15) is 30.7 Å². The van der Waals surface area contributed by atoms with Crippen LogP contribution in [0.4, 0.5) is 0 Å². The van der Waals surface area contributed by atoms with E-state index in [9.17, 15) is 35.1 Å². The molecule has 0 aromatic heterocycles. The fraction of sp³-hybridized carbons (Fsp3) is 0.889. The molecule has 9 nitrogen and oxygen atoms in total. The minimum atomic E-state index is -1.63. The summed E-state index contributed by atoms with van der Waals surface area (Å²) in [6, 6.07) is 0. The van der Waals surface area contributed by atoms with E-state index in [0.717, 1.165) is 51.2 Å². The largest absolute Gasteiger partial charge is 0.432 e. The molecule has 0 amide bonds. The van der Waals surface area contributed by atoms with Gasteiger partial charge in [0.15, 0.2) is 0 Å².